The molecule has 0 aliphatic carbocycles. The maximum atomic E-state index is 11.8. The van der Waals surface area contributed by atoms with Crippen molar-refractivity contribution in [2.24, 2.45) is 0 Å². The Labute approximate surface area is 112 Å². The van der Waals surface area contributed by atoms with E-state index in [1.54, 1.807) is 18.2 Å². The van der Waals surface area contributed by atoms with Crippen LogP contribution in [0, 0.1) is 0 Å². The van der Waals surface area contributed by atoms with E-state index in [-0.39, 0.29) is 18.1 Å². The minimum atomic E-state index is -0.0114. The maximum Gasteiger partial charge on any atom is 0.224 e. The van der Waals surface area contributed by atoms with Crippen LogP contribution in [-0.4, -0.2) is 28.6 Å². The molecule has 3 nitrogen and oxygen atoms in total. The van der Waals surface area contributed by atoms with Gasteiger partial charge in [0, 0.05) is 17.4 Å². The van der Waals surface area contributed by atoms with Gasteiger partial charge in [-0.25, -0.2) is 0 Å². The lowest BCUT2D eigenvalue weighted by molar-refractivity contribution is -0.120. The summed E-state index contributed by atoms with van der Waals surface area (Å²) < 4.78 is 0. The van der Waals surface area contributed by atoms with Gasteiger partial charge in [0.2, 0.25) is 5.91 Å². The fraction of sp³-hybridized carbons (Fsp3) is 0.500. The van der Waals surface area contributed by atoms with Crippen molar-refractivity contribution in [1.82, 2.24) is 5.32 Å². The molecule has 1 amide bonds. The number of rotatable bonds is 4. The zero-order valence-corrected chi connectivity index (χ0v) is 11.2. The summed E-state index contributed by atoms with van der Waals surface area (Å²) in [4.78, 5) is 11.8. The van der Waals surface area contributed by atoms with E-state index < -0.39 is 0 Å². The summed E-state index contributed by atoms with van der Waals surface area (Å²) in [6, 6.07) is 6.98. The zero-order chi connectivity index (χ0) is 12.8. The van der Waals surface area contributed by atoms with Gasteiger partial charge in [0.05, 0.1) is 6.42 Å². The largest absolute Gasteiger partial charge is 0.508 e. The number of para-hydroxylation sites is 1. The Hall–Kier alpha value is -1.16. The van der Waals surface area contributed by atoms with Gasteiger partial charge in [0.15, 0.2) is 0 Å². The molecule has 1 heterocycles. The molecule has 0 aromatic heterocycles. The molecule has 0 saturated carbocycles. The van der Waals surface area contributed by atoms with Crippen LogP contribution in [0.15, 0.2) is 24.3 Å². The lowest BCUT2D eigenvalue weighted by Crippen LogP contribution is -2.32. The molecular formula is C14H19NO2S. The van der Waals surface area contributed by atoms with Gasteiger partial charge in [-0.05, 0) is 24.7 Å². The van der Waals surface area contributed by atoms with Gasteiger partial charge < -0.3 is 10.4 Å². The molecule has 1 atom stereocenters. The van der Waals surface area contributed by atoms with Crippen molar-refractivity contribution in [3.63, 3.8) is 0 Å². The van der Waals surface area contributed by atoms with Gasteiger partial charge in [-0.3, -0.25) is 4.79 Å². The second-order valence-electron chi connectivity index (χ2n) is 4.60. The van der Waals surface area contributed by atoms with Crippen LogP contribution in [-0.2, 0) is 11.2 Å². The molecule has 2 N–H and O–H groups in total. The molecule has 1 unspecified atom stereocenters. The highest BCUT2D eigenvalue weighted by molar-refractivity contribution is 7.99. The molecule has 4 heteroatoms. The van der Waals surface area contributed by atoms with Gasteiger partial charge >= 0.3 is 0 Å². The number of nitrogens with one attached hydrogen (secondary N) is 1. The number of phenols is 1. The summed E-state index contributed by atoms with van der Waals surface area (Å²) in [7, 11) is 0. The molecule has 18 heavy (non-hydrogen) atoms. The number of hydrogen-bond donors (Lipinski definition) is 2. The molecule has 1 saturated heterocycles. The normalized spacial score (nSPS) is 19.4. The minimum absolute atomic E-state index is 0.0114. The van der Waals surface area contributed by atoms with E-state index in [2.05, 4.69) is 5.32 Å². The quantitative estimate of drug-likeness (QED) is 0.878. The van der Waals surface area contributed by atoms with Crippen molar-refractivity contribution in [2.45, 2.75) is 30.9 Å². The minimum Gasteiger partial charge on any atom is -0.508 e. The van der Waals surface area contributed by atoms with Crippen LogP contribution in [0.4, 0.5) is 0 Å². The molecule has 0 radical (unpaired) electrons. The summed E-state index contributed by atoms with van der Waals surface area (Å²) in [5.41, 5.74) is 0.686. The van der Waals surface area contributed by atoms with Crippen molar-refractivity contribution >= 4 is 17.7 Å². The van der Waals surface area contributed by atoms with Gasteiger partial charge in [-0.1, -0.05) is 24.6 Å². The summed E-state index contributed by atoms with van der Waals surface area (Å²) >= 11 is 1.95. The fourth-order valence-corrected chi connectivity index (χ4v) is 3.33. The summed E-state index contributed by atoms with van der Waals surface area (Å²) in [5.74, 6) is 1.39. The molecule has 0 bridgehead atoms. The SMILES string of the molecule is O=C(Cc1ccccc1O)NCC1CCCCS1. The van der Waals surface area contributed by atoms with Crippen LogP contribution in [0.1, 0.15) is 24.8 Å². The van der Waals surface area contributed by atoms with Crippen molar-refractivity contribution in [1.29, 1.82) is 0 Å². The summed E-state index contributed by atoms with van der Waals surface area (Å²) in [6.45, 7) is 0.747. The van der Waals surface area contributed by atoms with Crippen LogP contribution in [0.25, 0.3) is 0 Å². The lowest BCUT2D eigenvalue weighted by Gasteiger charge is -2.21. The first-order valence-electron chi connectivity index (χ1n) is 6.41. The van der Waals surface area contributed by atoms with Gasteiger partial charge in [0.1, 0.15) is 5.75 Å². The van der Waals surface area contributed by atoms with Gasteiger partial charge in [-0.2, -0.15) is 11.8 Å². The van der Waals surface area contributed by atoms with Crippen molar-refractivity contribution in [3.8, 4) is 5.75 Å². The Kier molecular flexibility index (Phi) is 4.93. The summed E-state index contributed by atoms with van der Waals surface area (Å²) in [6.07, 6.45) is 4.02. The molecule has 2 rings (SSSR count). The lowest BCUT2D eigenvalue weighted by atomic mass is 10.1. The highest BCUT2D eigenvalue weighted by Gasteiger charge is 2.15. The third-order valence-corrected chi connectivity index (χ3v) is 4.54. The zero-order valence-electron chi connectivity index (χ0n) is 10.4. The third-order valence-electron chi connectivity index (χ3n) is 3.14. The van der Waals surface area contributed by atoms with E-state index in [1.165, 1.54) is 25.0 Å². The Bertz CT molecular complexity index is 403. The van der Waals surface area contributed by atoms with Gasteiger partial charge in [-0.15, -0.1) is 0 Å². The Morgan fingerprint density at radius 3 is 2.94 bits per heavy atom. The van der Waals surface area contributed by atoms with E-state index in [1.807, 2.05) is 17.8 Å². The Morgan fingerprint density at radius 2 is 2.22 bits per heavy atom. The topological polar surface area (TPSA) is 49.3 Å². The average molecular weight is 265 g/mol. The Balaban J connectivity index is 1.76. The van der Waals surface area contributed by atoms with E-state index in [4.69, 9.17) is 0 Å². The second-order valence-corrected chi connectivity index (χ2v) is 6.01. The molecule has 1 aromatic carbocycles. The molecule has 1 aliphatic heterocycles. The van der Waals surface area contributed by atoms with E-state index in [0.717, 1.165) is 6.54 Å². The van der Waals surface area contributed by atoms with Gasteiger partial charge in [0.25, 0.3) is 0 Å². The number of aromatic hydroxyl groups is 1. The van der Waals surface area contributed by atoms with Crippen LogP contribution in [0.5, 0.6) is 5.75 Å². The smallest absolute Gasteiger partial charge is 0.224 e. The van der Waals surface area contributed by atoms with Crippen LogP contribution in [0.3, 0.4) is 0 Å². The number of carbonyl (C=O) groups excluding carboxylic acids is 1. The first kappa shape index (κ1) is 13.3. The van der Waals surface area contributed by atoms with Crippen LogP contribution in [0.2, 0.25) is 0 Å². The first-order valence-corrected chi connectivity index (χ1v) is 7.46. The van der Waals surface area contributed by atoms with E-state index >= 15 is 0 Å². The number of phenolic OH excluding ortho intramolecular Hbond substituents is 1. The molecule has 0 spiro atoms. The standard InChI is InChI=1S/C14H19NO2S/c16-13-7-2-1-5-11(13)9-14(17)15-10-12-6-3-4-8-18-12/h1-2,5,7,12,16H,3-4,6,8-10H2,(H,15,17). The first-order chi connectivity index (χ1) is 8.75. The van der Waals surface area contributed by atoms with Crippen LogP contribution >= 0.6 is 11.8 Å². The van der Waals surface area contributed by atoms with E-state index in [9.17, 15) is 9.90 Å². The molecular weight excluding hydrogens is 246 g/mol. The highest BCUT2D eigenvalue weighted by atomic mass is 32.2. The maximum absolute atomic E-state index is 11.8. The van der Waals surface area contributed by atoms with Crippen molar-refractivity contribution in [3.05, 3.63) is 29.8 Å². The third kappa shape index (κ3) is 3.95. The predicted octanol–water partition coefficient (Wildman–Crippen LogP) is 2.34. The highest BCUT2D eigenvalue weighted by Crippen LogP contribution is 2.24. The molecule has 98 valence electrons. The molecule has 1 aliphatic rings. The predicted molar refractivity (Wildman–Crippen MR) is 74.9 cm³/mol. The Morgan fingerprint density at radius 1 is 1.39 bits per heavy atom. The monoisotopic (exact) mass is 265 g/mol. The van der Waals surface area contributed by atoms with Crippen molar-refractivity contribution < 1.29 is 9.90 Å². The van der Waals surface area contributed by atoms with Crippen LogP contribution < -0.4 is 5.32 Å². The van der Waals surface area contributed by atoms with E-state index in [0.29, 0.717) is 10.8 Å². The molecule has 1 aromatic rings. The average Bonchev–Trinajstić information content (AvgIpc) is 2.40. The number of amides is 1. The number of hydrogen-bond acceptors (Lipinski definition) is 3. The molecule has 1 fully saturated rings. The fourth-order valence-electron chi connectivity index (χ4n) is 2.09. The summed E-state index contributed by atoms with van der Waals surface area (Å²) in [5, 5.41) is 13.1. The number of benzene rings is 1. The second kappa shape index (κ2) is 6.69. The van der Waals surface area contributed by atoms with Crippen molar-refractivity contribution in [2.75, 3.05) is 12.3 Å². The number of thioether (sulfide) groups is 1. The number of carbonyl (C=O) groups is 1.